The Morgan fingerprint density at radius 2 is 2.12 bits per heavy atom. The molecule has 5 nitrogen and oxygen atoms in total. The molecule has 0 atom stereocenters. The third kappa shape index (κ3) is 3.59. The van der Waals surface area contributed by atoms with Crippen LogP contribution in [0, 0.1) is 13.8 Å². The molecule has 0 saturated heterocycles. The predicted octanol–water partition coefficient (Wildman–Crippen LogP) is 4.89. The molecule has 0 saturated carbocycles. The summed E-state index contributed by atoms with van der Waals surface area (Å²) in [7, 11) is 0. The molecule has 3 aromatic rings. The summed E-state index contributed by atoms with van der Waals surface area (Å²) in [5.41, 5.74) is 2.34. The number of aryl methyl sites for hydroxylation is 3. The molecule has 136 valence electrons. The highest BCUT2D eigenvalue weighted by Crippen LogP contribution is 2.28. The van der Waals surface area contributed by atoms with E-state index in [1.54, 1.807) is 10.9 Å². The highest BCUT2D eigenvalue weighted by atomic mass is 79.9. The molecule has 3 rings (SSSR count). The predicted molar refractivity (Wildman–Crippen MR) is 110 cm³/mol. The number of unbranched alkanes of at least 4 members (excludes halogenated alkanes) is 1. The zero-order valence-electron chi connectivity index (χ0n) is 14.9. The van der Waals surface area contributed by atoms with Gasteiger partial charge in [0.1, 0.15) is 4.83 Å². The Balaban J connectivity index is 1.97. The number of benzene rings is 1. The fourth-order valence-corrected chi connectivity index (χ4v) is 4.32. The van der Waals surface area contributed by atoms with Crippen LogP contribution in [0.5, 0.6) is 0 Å². The number of thiophene rings is 1. The van der Waals surface area contributed by atoms with Crippen LogP contribution in [0.15, 0.2) is 33.8 Å². The van der Waals surface area contributed by atoms with E-state index < -0.39 is 0 Å². The van der Waals surface area contributed by atoms with E-state index >= 15 is 0 Å². The summed E-state index contributed by atoms with van der Waals surface area (Å²) in [5.74, 6) is -0.213. The van der Waals surface area contributed by atoms with Gasteiger partial charge < -0.3 is 5.32 Å². The summed E-state index contributed by atoms with van der Waals surface area (Å²) in [6.45, 7) is 6.48. The van der Waals surface area contributed by atoms with E-state index in [1.807, 2.05) is 32.0 Å². The van der Waals surface area contributed by atoms with Gasteiger partial charge in [0.15, 0.2) is 0 Å². The van der Waals surface area contributed by atoms with Crippen LogP contribution in [0.2, 0.25) is 0 Å². The summed E-state index contributed by atoms with van der Waals surface area (Å²) in [6, 6.07) is 5.69. The van der Waals surface area contributed by atoms with Crippen molar-refractivity contribution in [2.75, 3.05) is 5.32 Å². The van der Waals surface area contributed by atoms with Gasteiger partial charge in [-0.2, -0.15) is 0 Å². The maximum Gasteiger partial charge on any atom is 0.266 e. The molecule has 0 unspecified atom stereocenters. The van der Waals surface area contributed by atoms with Crippen LogP contribution in [-0.4, -0.2) is 15.5 Å². The molecule has 7 heteroatoms. The number of rotatable bonds is 5. The normalized spacial score (nSPS) is 11.1. The zero-order chi connectivity index (χ0) is 18.8. The first-order valence-electron chi connectivity index (χ1n) is 8.48. The highest BCUT2D eigenvalue weighted by Gasteiger charge is 2.20. The summed E-state index contributed by atoms with van der Waals surface area (Å²) in [6.07, 6.45) is 3.51. The quantitative estimate of drug-likeness (QED) is 0.622. The Kier molecular flexibility index (Phi) is 5.58. The number of nitrogens with zero attached hydrogens (tertiary/aromatic N) is 2. The molecule has 0 fully saturated rings. The smallest absolute Gasteiger partial charge is 0.266 e. The second kappa shape index (κ2) is 7.72. The average molecular weight is 434 g/mol. The van der Waals surface area contributed by atoms with E-state index in [4.69, 9.17) is 0 Å². The van der Waals surface area contributed by atoms with Gasteiger partial charge in [0.05, 0.1) is 16.6 Å². The second-order valence-electron chi connectivity index (χ2n) is 6.25. The van der Waals surface area contributed by atoms with Crippen molar-refractivity contribution in [1.82, 2.24) is 9.55 Å². The molecular formula is C19H20BrN3O2S. The van der Waals surface area contributed by atoms with Crippen molar-refractivity contribution in [3.8, 4) is 0 Å². The van der Waals surface area contributed by atoms with Crippen LogP contribution < -0.4 is 10.9 Å². The van der Waals surface area contributed by atoms with Gasteiger partial charge in [-0.15, -0.1) is 11.3 Å². The number of hydrogen-bond acceptors (Lipinski definition) is 4. The van der Waals surface area contributed by atoms with Crippen molar-refractivity contribution in [3.63, 3.8) is 0 Å². The molecule has 0 bridgehead atoms. The van der Waals surface area contributed by atoms with Crippen LogP contribution in [0.3, 0.4) is 0 Å². The molecular weight excluding hydrogens is 414 g/mol. The fourth-order valence-electron chi connectivity index (χ4n) is 2.81. The van der Waals surface area contributed by atoms with Crippen molar-refractivity contribution >= 4 is 49.1 Å². The molecule has 0 aliphatic rings. The van der Waals surface area contributed by atoms with E-state index in [-0.39, 0.29) is 11.5 Å². The minimum atomic E-state index is -0.213. The van der Waals surface area contributed by atoms with Gasteiger partial charge in [-0.1, -0.05) is 29.3 Å². The van der Waals surface area contributed by atoms with Gasteiger partial charge in [-0.05, 0) is 49.6 Å². The van der Waals surface area contributed by atoms with E-state index in [2.05, 4.69) is 33.2 Å². The Morgan fingerprint density at radius 3 is 2.81 bits per heavy atom. The Labute approximate surface area is 164 Å². The minimum absolute atomic E-state index is 0.0731. The third-order valence-electron chi connectivity index (χ3n) is 4.31. The lowest BCUT2D eigenvalue weighted by atomic mass is 10.2. The molecule has 2 heterocycles. The van der Waals surface area contributed by atoms with Crippen molar-refractivity contribution in [2.24, 2.45) is 0 Å². The number of nitrogens with one attached hydrogen (secondary N) is 1. The van der Waals surface area contributed by atoms with Crippen molar-refractivity contribution < 1.29 is 4.79 Å². The summed E-state index contributed by atoms with van der Waals surface area (Å²) in [4.78, 5) is 31.0. The lowest BCUT2D eigenvalue weighted by molar-refractivity contribution is 0.103. The van der Waals surface area contributed by atoms with Crippen molar-refractivity contribution in [3.05, 3.63) is 55.4 Å². The molecule has 1 N–H and O–H groups in total. The number of carbonyl (C=O) groups is 1. The van der Waals surface area contributed by atoms with E-state index in [1.165, 1.54) is 11.3 Å². The first-order chi connectivity index (χ1) is 12.4. The van der Waals surface area contributed by atoms with Crippen LogP contribution in [0.4, 0.5) is 5.69 Å². The number of carbonyl (C=O) groups excluding carboxylic acids is 1. The third-order valence-corrected chi connectivity index (χ3v) is 6.00. The Hall–Kier alpha value is -1.99. The monoisotopic (exact) mass is 433 g/mol. The minimum Gasteiger partial charge on any atom is -0.321 e. The summed E-state index contributed by atoms with van der Waals surface area (Å²) < 4.78 is 2.59. The first kappa shape index (κ1) is 18.8. The largest absolute Gasteiger partial charge is 0.321 e. The summed E-state index contributed by atoms with van der Waals surface area (Å²) >= 11 is 4.68. The fraction of sp³-hybridized carbons (Fsp3) is 0.316. The van der Waals surface area contributed by atoms with Crippen molar-refractivity contribution in [1.29, 1.82) is 0 Å². The van der Waals surface area contributed by atoms with E-state index in [0.29, 0.717) is 27.2 Å². The standard InChI is InChI=1S/C19H20BrN3O2S/c1-4-5-8-23-10-21-18-15(19(23)25)12(3)16(26-18)17(24)22-14-7-6-13(20)9-11(14)2/h6-7,9-10H,4-5,8H2,1-3H3,(H,22,24). The maximum atomic E-state index is 12.8. The molecule has 0 radical (unpaired) electrons. The van der Waals surface area contributed by atoms with E-state index in [0.717, 1.165) is 28.6 Å². The number of amides is 1. The zero-order valence-corrected chi connectivity index (χ0v) is 17.3. The average Bonchev–Trinajstić information content (AvgIpc) is 2.94. The van der Waals surface area contributed by atoms with Crippen LogP contribution in [0.25, 0.3) is 10.2 Å². The maximum absolute atomic E-state index is 12.8. The lowest BCUT2D eigenvalue weighted by Crippen LogP contribution is -2.20. The second-order valence-corrected chi connectivity index (χ2v) is 8.16. The van der Waals surface area contributed by atoms with Gasteiger partial charge in [0, 0.05) is 16.7 Å². The molecule has 1 amide bonds. The van der Waals surface area contributed by atoms with Crippen LogP contribution in [-0.2, 0) is 6.54 Å². The summed E-state index contributed by atoms with van der Waals surface area (Å²) in [5, 5.41) is 3.49. The Morgan fingerprint density at radius 1 is 1.35 bits per heavy atom. The number of aromatic nitrogens is 2. The molecule has 26 heavy (non-hydrogen) atoms. The number of hydrogen-bond donors (Lipinski definition) is 1. The van der Waals surface area contributed by atoms with Gasteiger partial charge in [-0.25, -0.2) is 4.98 Å². The van der Waals surface area contributed by atoms with Gasteiger partial charge in [0.2, 0.25) is 0 Å². The topological polar surface area (TPSA) is 64.0 Å². The van der Waals surface area contributed by atoms with Crippen molar-refractivity contribution in [2.45, 2.75) is 40.2 Å². The molecule has 2 aromatic heterocycles. The molecule has 0 spiro atoms. The molecule has 0 aliphatic heterocycles. The molecule has 0 aliphatic carbocycles. The van der Waals surface area contributed by atoms with Gasteiger partial charge in [-0.3, -0.25) is 14.2 Å². The number of anilines is 1. The lowest BCUT2D eigenvalue weighted by Gasteiger charge is -2.08. The van der Waals surface area contributed by atoms with Gasteiger partial charge >= 0.3 is 0 Å². The van der Waals surface area contributed by atoms with Crippen LogP contribution >= 0.6 is 27.3 Å². The van der Waals surface area contributed by atoms with Gasteiger partial charge in [0.25, 0.3) is 11.5 Å². The number of fused-ring (bicyclic) bond motifs is 1. The van der Waals surface area contributed by atoms with Crippen LogP contribution in [0.1, 0.15) is 40.6 Å². The highest BCUT2D eigenvalue weighted by molar-refractivity contribution is 9.10. The molecule has 1 aromatic carbocycles. The van der Waals surface area contributed by atoms with E-state index in [9.17, 15) is 9.59 Å². The SMILES string of the molecule is CCCCn1cnc2sc(C(=O)Nc3ccc(Br)cc3C)c(C)c2c1=O. The first-order valence-corrected chi connectivity index (χ1v) is 10.1. The Bertz CT molecular complexity index is 1040. The number of halogens is 1.